The predicted molar refractivity (Wildman–Crippen MR) is 74.8 cm³/mol. The van der Waals surface area contributed by atoms with Gasteiger partial charge in [-0.3, -0.25) is 9.59 Å². The molecule has 4 N–H and O–H groups in total. The largest absolute Gasteiger partial charge is 0.481 e. The van der Waals surface area contributed by atoms with Crippen LogP contribution in [0.2, 0.25) is 0 Å². The minimum absolute atomic E-state index is 0.753. The second-order valence-electron chi connectivity index (χ2n) is 3.70. The maximum atomic E-state index is 9.00. The van der Waals surface area contributed by atoms with Gasteiger partial charge in [0.2, 0.25) is 5.95 Å². The molecule has 0 radical (unpaired) electrons. The number of hydrogen-bond acceptors (Lipinski definition) is 5. The van der Waals surface area contributed by atoms with Gasteiger partial charge in [0, 0.05) is 26.6 Å². The third-order valence-electron chi connectivity index (χ3n) is 1.72. The Morgan fingerprint density at radius 2 is 1.65 bits per heavy atom. The third-order valence-corrected chi connectivity index (χ3v) is 1.72. The zero-order valence-corrected chi connectivity index (χ0v) is 11.8. The van der Waals surface area contributed by atoms with Gasteiger partial charge in [-0.25, -0.2) is 4.98 Å². The van der Waals surface area contributed by atoms with Crippen LogP contribution in [0.15, 0.2) is 12.1 Å². The first-order chi connectivity index (χ1) is 9.26. The van der Waals surface area contributed by atoms with Crippen LogP contribution in [0, 0.1) is 6.92 Å². The van der Waals surface area contributed by atoms with Crippen molar-refractivity contribution in [3.63, 3.8) is 0 Å². The summed E-state index contributed by atoms with van der Waals surface area (Å²) in [5.74, 6) is -0.914. The SMILES string of the molecule is CC(=O)O.CC(=O)O.CNc1nc2nc(C)ccc2[nH]1. The summed E-state index contributed by atoms with van der Waals surface area (Å²) in [5, 5.41) is 17.8. The van der Waals surface area contributed by atoms with E-state index in [0.29, 0.717) is 0 Å². The highest BCUT2D eigenvalue weighted by molar-refractivity contribution is 5.73. The van der Waals surface area contributed by atoms with Gasteiger partial charge in [0.1, 0.15) is 0 Å². The van der Waals surface area contributed by atoms with Crippen molar-refractivity contribution in [1.82, 2.24) is 15.0 Å². The molecule has 0 atom stereocenters. The number of aromatic amines is 1. The molecule has 0 aromatic carbocycles. The van der Waals surface area contributed by atoms with Crippen LogP contribution in [0.5, 0.6) is 0 Å². The lowest BCUT2D eigenvalue weighted by molar-refractivity contribution is -0.135. The van der Waals surface area contributed by atoms with Crippen LogP contribution in [0.25, 0.3) is 11.2 Å². The lowest BCUT2D eigenvalue weighted by Crippen LogP contribution is -1.88. The summed E-state index contributed by atoms with van der Waals surface area (Å²) in [6, 6.07) is 3.94. The fourth-order valence-electron chi connectivity index (χ4n) is 1.11. The zero-order valence-electron chi connectivity index (χ0n) is 11.8. The van der Waals surface area contributed by atoms with Gasteiger partial charge in [-0.05, 0) is 19.1 Å². The standard InChI is InChI=1S/C8H10N4.2C2H4O2/c1-5-3-4-6-7(10-5)12-8(9-2)11-6;2*1-2(3)4/h3-4H,1-2H3,(H2,9,10,11,12);2*1H3,(H,3,4). The van der Waals surface area contributed by atoms with E-state index in [-0.39, 0.29) is 0 Å². The topological polar surface area (TPSA) is 128 Å². The molecule has 0 unspecified atom stereocenters. The molecule has 2 aromatic rings. The van der Waals surface area contributed by atoms with Crippen molar-refractivity contribution in [2.75, 3.05) is 12.4 Å². The molecule has 0 saturated heterocycles. The Balaban J connectivity index is 0.000000380. The van der Waals surface area contributed by atoms with E-state index in [1.54, 1.807) is 0 Å². The quantitative estimate of drug-likeness (QED) is 0.623. The molecule has 2 aromatic heterocycles. The van der Waals surface area contributed by atoms with E-state index >= 15 is 0 Å². The molecular formula is C12H18N4O4. The highest BCUT2D eigenvalue weighted by Gasteiger charge is 2.00. The number of carbonyl (C=O) groups is 2. The smallest absolute Gasteiger partial charge is 0.300 e. The maximum Gasteiger partial charge on any atom is 0.300 e. The number of imidazole rings is 1. The molecule has 2 rings (SSSR count). The van der Waals surface area contributed by atoms with Crippen LogP contribution in [0.4, 0.5) is 5.95 Å². The molecule has 0 aliphatic rings. The van der Waals surface area contributed by atoms with Gasteiger partial charge >= 0.3 is 0 Å². The summed E-state index contributed by atoms with van der Waals surface area (Å²) in [6.07, 6.45) is 0. The van der Waals surface area contributed by atoms with E-state index in [2.05, 4.69) is 20.3 Å². The van der Waals surface area contributed by atoms with Crippen molar-refractivity contribution in [2.24, 2.45) is 0 Å². The number of carboxylic acids is 2. The van der Waals surface area contributed by atoms with Crippen LogP contribution in [0.3, 0.4) is 0 Å². The van der Waals surface area contributed by atoms with Crippen molar-refractivity contribution in [1.29, 1.82) is 0 Å². The second-order valence-corrected chi connectivity index (χ2v) is 3.70. The van der Waals surface area contributed by atoms with E-state index in [0.717, 1.165) is 36.7 Å². The van der Waals surface area contributed by atoms with Gasteiger partial charge in [0.25, 0.3) is 11.9 Å². The molecule has 0 aliphatic carbocycles. The van der Waals surface area contributed by atoms with E-state index in [4.69, 9.17) is 19.8 Å². The number of fused-ring (bicyclic) bond motifs is 1. The summed E-state index contributed by atoms with van der Waals surface area (Å²) < 4.78 is 0. The van der Waals surface area contributed by atoms with Crippen LogP contribution in [0.1, 0.15) is 19.5 Å². The van der Waals surface area contributed by atoms with Gasteiger partial charge in [-0.1, -0.05) is 0 Å². The summed E-state index contributed by atoms with van der Waals surface area (Å²) in [7, 11) is 1.82. The molecule has 0 saturated carbocycles. The summed E-state index contributed by atoms with van der Waals surface area (Å²) in [5.41, 5.74) is 2.71. The Hall–Kier alpha value is -2.64. The van der Waals surface area contributed by atoms with E-state index in [1.165, 1.54) is 0 Å². The Labute approximate surface area is 115 Å². The van der Waals surface area contributed by atoms with Crippen molar-refractivity contribution in [3.05, 3.63) is 17.8 Å². The average Bonchev–Trinajstić information content (AvgIpc) is 2.69. The first-order valence-corrected chi connectivity index (χ1v) is 5.66. The zero-order chi connectivity index (χ0) is 15.7. The number of H-pyrrole nitrogens is 1. The number of nitrogens with zero attached hydrogens (tertiary/aromatic N) is 2. The average molecular weight is 282 g/mol. The summed E-state index contributed by atoms with van der Waals surface area (Å²) >= 11 is 0. The first kappa shape index (κ1) is 17.4. The number of hydrogen-bond donors (Lipinski definition) is 4. The molecule has 2 heterocycles. The van der Waals surface area contributed by atoms with Crippen molar-refractivity contribution in [3.8, 4) is 0 Å². The number of rotatable bonds is 1. The monoisotopic (exact) mass is 282 g/mol. The third kappa shape index (κ3) is 7.64. The molecule has 8 nitrogen and oxygen atoms in total. The lowest BCUT2D eigenvalue weighted by Gasteiger charge is -1.88. The normalized spacial score (nSPS) is 8.80. The number of carboxylic acid groups (broad SMARTS) is 2. The molecular weight excluding hydrogens is 264 g/mol. The Morgan fingerprint density at radius 1 is 1.15 bits per heavy atom. The molecule has 110 valence electrons. The Bertz CT molecular complexity index is 560. The van der Waals surface area contributed by atoms with Crippen molar-refractivity contribution < 1.29 is 19.8 Å². The van der Waals surface area contributed by atoms with Crippen LogP contribution in [-0.4, -0.2) is 44.2 Å². The summed E-state index contributed by atoms with van der Waals surface area (Å²) in [4.78, 5) is 29.6. The van der Waals surface area contributed by atoms with Gasteiger partial charge in [0.05, 0.1) is 5.52 Å². The van der Waals surface area contributed by atoms with Crippen LogP contribution < -0.4 is 5.32 Å². The highest BCUT2D eigenvalue weighted by atomic mass is 16.4. The molecule has 20 heavy (non-hydrogen) atoms. The van der Waals surface area contributed by atoms with Gasteiger partial charge in [0.15, 0.2) is 5.65 Å². The number of anilines is 1. The fourth-order valence-corrected chi connectivity index (χ4v) is 1.11. The molecule has 0 amide bonds. The van der Waals surface area contributed by atoms with Crippen molar-refractivity contribution >= 4 is 29.1 Å². The molecule has 0 bridgehead atoms. The molecule has 8 heteroatoms. The van der Waals surface area contributed by atoms with Gasteiger partial charge < -0.3 is 20.5 Å². The number of pyridine rings is 1. The number of aliphatic carboxylic acids is 2. The number of aromatic nitrogens is 3. The molecule has 0 spiro atoms. The van der Waals surface area contributed by atoms with Crippen molar-refractivity contribution in [2.45, 2.75) is 20.8 Å². The minimum atomic E-state index is -0.833. The fraction of sp³-hybridized carbons (Fsp3) is 0.333. The number of nitrogens with one attached hydrogen (secondary N) is 2. The predicted octanol–water partition coefficient (Wildman–Crippen LogP) is 1.49. The van der Waals surface area contributed by atoms with Gasteiger partial charge in [-0.2, -0.15) is 4.98 Å². The van der Waals surface area contributed by atoms with E-state index in [1.807, 2.05) is 26.1 Å². The molecule has 0 fully saturated rings. The summed E-state index contributed by atoms with van der Waals surface area (Å²) in [6.45, 7) is 4.12. The van der Waals surface area contributed by atoms with Gasteiger partial charge in [-0.15, -0.1) is 0 Å². The Morgan fingerprint density at radius 3 is 2.10 bits per heavy atom. The Kier molecular flexibility index (Phi) is 7.34. The molecule has 0 aliphatic heterocycles. The van der Waals surface area contributed by atoms with E-state index < -0.39 is 11.9 Å². The highest BCUT2D eigenvalue weighted by Crippen LogP contribution is 2.11. The maximum absolute atomic E-state index is 9.00. The van der Waals surface area contributed by atoms with Crippen LogP contribution >= 0.6 is 0 Å². The minimum Gasteiger partial charge on any atom is -0.481 e. The van der Waals surface area contributed by atoms with E-state index in [9.17, 15) is 0 Å². The van der Waals surface area contributed by atoms with Crippen LogP contribution in [-0.2, 0) is 9.59 Å². The first-order valence-electron chi connectivity index (χ1n) is 5.66. The second kappa shape index (κ2) is 8.46. The number of aryl methyl sites for hydroxylation is 1. The lowest BCUT2D eigenvalue weighted by atomic mass is 10.4.